The zero-order valence-electron chi connectivity index (χ0n) is 14.3. The van der Waals surface area contributed by atoms with Crippen LogP contribution in [0.2, 0.25) is 0 Å². The largest absolute Gasteiger partial charge is 0.486 e. The Morgan fingerprint density at radius 2 is 2.08 bits per heavy atom. The molecule has 3 rings (SSSR count). The van der Waals surface area contributed by atoms with E-state index >= 15 is 0 Å². The van der Waals surface area contributed by atoms with Gasteiger partial charge in [0.1, 0.15) is 12.7 Å². The molecule has 25 heavy (non-hydrogen) atoms. The molecular formula is C17H24N2O5S. The third kappa shape index (κ3) is 4.24. The summed E-state index contributed by atoms with van der Waals surface area (Å²) in [5, 5.41) is 2.88. The molecule has 2 heterocycles. The topological polar surface area (TPSA) is 84.9 Å². The number of sulfonamides is 1. The summed E-state index contributed by atoms with van der Waals surface area (Å²) in [6.45, 7) is 3.09. The second kappa shape index (κ2) is 7.61. The number of carbonyl (C=O) groups excluding carboxylic acids is 1. The number of piperidine rings is 1. The second-order valence-electron chi connectivity index (χ2n) is 6.34. The van der Waals surface area contributed by atoms with E-state index in [2.05, 4.69) is 5.32 Å². The normalized spacial score (nSPS) is 23.9. The van der Waals surface area contributed by atoms with Crippen LogP contribution in [0, 0.1) is 5.92 Å². The first-order valence-corrected chi connectivity index (χ1v) is 10.2. The Hall–Kier alpha value is -1.80. The van der Waals surface area contributed by atoms with Gasteiger partial charge < -0.3 is 14.8 Å². The van der Waals surface area contributed by atoms with Gasteiger partial charge in [0.25, 0.3) is 0 Å². The van der Waals surface area contributed by atoms with Gasteiger partial charge in [0, 0.05) is 13.1 Å². The SMILES string of the molecule is CCS(=O)(=O)N1CCC[C@@H](C(=O)NC[C@H]2COc3ccccc3O2)C1. The smallest absolute Gasteiger partial charge is 0.224 e. The molecule has 0 spiro atoms. The maximum absolute atomic E-state index is 12.4. The highest BCUT2D eigenvalue weighted by molar-refractivity contribution is 7.89. The fraction of sp³-hybridized carbons (Fsp3) is 0.588. The van der Waals surface area contributed by atoms with Gasteiger partial charge in [-0.1, -0.05) is 12.1 Å². The molecule has 138 valence electrons. The van der Waals surface area contributed by atoms with E-state index in [1.165, 1.54) is 4.31 Å². The first kappa shape index (κ1) is 18.0. The minimum absolute atomic E-state index is 0.0635. The van der Waals surface area contributed by atoms with Crippen LogP contribution in [0.5, 0.6) is 11.5 Å². The molecule has 1 fully saturated rings. The van der Waals surface area contributed by atoms with Gasteiger partial charge in [-0.3, -0.25) is 4.79 Å². The standard InChI is InChI=1S/C17H24N2O5S/c1-2-25(21,22)19-9-5-6-13(11-19)17(20)18-10-14-12-23-15-7-3-4-8-16(15)24-14/h3-4,7-8,13-14H,2,5-6,9-12H2,1H3,(H,18,20)/t13-,14+/m1/s1. The van der Waals surface area contributed by atoms with Crippen molar-refractivity contribution < 1.29 is 22.7 Å². The Balaban J connectivity index is 1.51. The summed E-state index contributed by atoms with van der Waals surface area (Å²) >= 11 is 0. The molecule has 1 amide bonds. The van der Waals surface area contributed by atoms with Gasteiger partial charge >= 0.3 is 0 Å². The summed E-state index contributed by atoms with van der Waals surface area (Å²) in [6.07, 6.45) is 1.15. The summed E-state index contributed by atoms with van der Waals surface area (Å²) in [7, 11) is -3.25. The molecule has 2 aliphatic heterocycles. The fourth-order valence-electron chi connectivity index (χ4n) is 3.11. The van der Waals surface area contributed by atoms with Gasteiger partial charge in [0.2, 0.25) is 15.9 Å². The third-order valence-corrected chi connectivity index (χ3v) is 6.43. The second-order valence-corrected chi connectivity index (χ2v) is 8.60. The average Bonchev–Trinajstić information content (AvgIpc) is 2.66. The molecule has 2 aliphatic rings. The Morgan fingerprint density at radius 1 is 1.32 bits per heavy atom. The van der Waals surface area contributed by atoms with Crippen molar-refractivity contribution in [2.45, 2.75) is 25.9 Å². The van der Waals surface area contributed by atoms with Crippen LogP contribution in [0.4, 0.5) is 0 Å². The lowest BCUT2D eigenvalue weighted by molar-refractivity contribution is -0.126. The Morgan fingerprint density at radius 3 is 2.84 bits per heavy atom. The lowest BCUT2D eigenvalue weighted by Crippen LogP contribution is -2.48. The molecule has 0 bridgehead atoms. The van der Waals surface area contributed by atoms with E-state index in [0.29, 0.717) is 44.0 Å². The van der Waals surface area contributed by atoms with Crippen LogP contribution in [-0.4, -0.2) is 56.7 Å². The quantitative estimate of drug-likeness (QED) is 0.838. The highest BCUT2D eigenvalue weighted by atomic mass is 32.2. The predicted octanol–water partition coefficient (Wildman–Crippen LogP) is 1.00. The number of hydrogen-bond acceptors (Lipinski definition) is 5. The summed E-state index contributed by atoms with van der Waals surface area (Å²) in [6, 6.07) is 7.42. The van der Waals surface area contributed by atoms with E-state index in [9.17, 15) is 13.2 Å². The van der Waals surface area contributed by atoms with Crippen LogP contribution in [-0.2, 0) is 14.8 Å². The van der Waals surface area contributed by atoms with E-state index in [-0.39, 0.29) is 30.2 Å². The summed E-state index contributed by atoms with van der Waals surface area (Å²) in [5.74, 6) is 1.00. The monoisotopic (exact) mass is 368 g/mol. The minimum Gasteiger partial charge on any atom is -0.486 e. The maximum Gasteiger partial charge on any atom is 0.224 e. The number of nitrogens with zero attached hydrogens (tertiary/aromatic N) is 1. The average molecular weight is 368 g/mol. The molecule has 1 saturated heterocycles. The van der Waals surface area contributed by atoms with Gasteiger partial charge in [-0.05, 0) is 31.9 Å². The lowest BCUT2D eigenvalue weighted by Gasteiger charge is -2.31. The van der Waals surface area contributed by atoms with Crippen LogP contribution in [0.15, 0.2) is 24.3 Å². The van der Waals surface area contributed by atoms with Crippen molar-refractivity contribution in [2.75, 3.05) is 32.0 Å². The third-order valence-electron chi connectivity index (χ3n) is 4.58. The van der Waals surface area contributed by atoms with Crippen molar-refractivity contribution in [3.8, 4) is 11.5 Å². The molecule has 1 aromatic carbocycles. The van der Waals surface area contributed by atoms with Gasteiger partial charge in [-0.2, -0.15) is 0 Å². The molecular weight excluding hydrogens is 344 g/mol. The molecule has 2 atom stereocenters. The van der Waals surface area contributed by atoms with Crippen LogP contribution in [0.1, 0.15) is 19.8 Å². The van der Waals surface area contributed by atoms with Crippen molar-refractivity contribution in [2.24, 2.45) is 5.92 Å². The molecule has 0 unspecified atom stereocenters. The van der Waals surface area contributed by atoms with E-state index in [4.69, 9.17) is 9.47 Å². The zero-order valence-corrected chi connectivity index (χ0v) is 15.1. The van der Waals surface area contributed by atoms with Crippen LogP contribution >= 0.6 is 0 Å². The highest BCUT2D eigenvalue weighted by Crippen LogP contribution is 2.30. The van der Waals surface area contributed by atoms with Crippen molar-refractivity contribution in [3.63, 3.8) is 0 Å². The number of carbonyl (C=O) groups is 1. The van der Waals surface area contributed by atoms with Gasteiger partial charge in [0.15, 0.2) is 11.5 Å². The Kier molecular flexibility index (Phi) is 5.48. The minimum atomic E-state index is -3.25. The maximum atomic E-state index is 12.4. The molecule has 7 nitrogen and oxygen atoms in total. The van der Waals surface area contributed by atoms with Gasteiger partial charge in [0.05, 0.1) is 18.2 Å². The molecule has 0 aromatic heterocycles. The van der Waals surface area contributed by atoms with Crippen molar-refractivity contribution in [3.05, 3.63) is 24.3 Å². The zero-order chi connectivity index (χ0) is 17.9. The first-order valence-electron chi connectivity index (χ1n) is 8.63. The molecule has 1 N–H and O–H groups in total. The number of amides is 1. The number of hydrogen-bond donors (Lipinski definition) is 1. The predicted molar refractivity (Wildman–Crippen MR) is 93.1 cm³/mol. The highest BCUT2D eigenvalue weighted by Gasteiger charge is 2.32. The Bertz CT molecular complexity index is 722. The van der Waals surface area contributed by atoms with Crippen LogP contribution in [0.25, 0.3) is 0 Å². The number of fused-ring (bicyclic) bond motifs is 1. The number of nitrogens with one attached hydrogen (secondary N) is 1. The summed E-state index contributed by atoms with van der Waals surface area (Å²) in [5.41, 5.74) is 0. The molecule has 0 aliphatic carbocycles. The van der Waals surface area contributed by atoms with E-state index in [1.807, 2.05) is 24.3 Å². The first-order chi connectivity index (χ1) is 12.0. The lowest BCUT2D eigenvalue weighted by atomic mass is 9.99. The van der Waals surface area contributed by atoms with Crippen molar-refractivity contribution >= 4 is 15.9 Å². The van der Waals surface area contributed by atoms with Crippen LogP contribution < -0.4 is 14.8 Å². The van der Waals surface area contributed by atoms with E-state index < -0.39 is 10.0 Å². The van der Waals surface area contributed by atoms with Crippen LogP contribution in [0.3, 0.4) is 0 Å². The summed E-state index contributed by atoms with van der Waals surface area (Å²) < 4.78 is 36.9. The van der Waals surface area contributed by atoms with E-state index in [1.54, 1.807) is 6.92 Å². The molecule has 1 aromatic rings. The molecule has 0 radical (unpaired) electrons. The number of ether oxygens (including phenoxy) is 2. The van der Waals surface area contributed by atoms with Crippen molar-refractivity contribution in [1.29, 1.82) is 0 Å². The van der Waals surface area contributed by atoms with Gasteiger partial charge in [-0.25, -0.2) is 12.7 Å². The number of benzene rings is 1. The fourth-order valence-corrected chi connectivity index (χ4v) is 4.29. The summed E-state index contributed by atoms with van der Waals surface area (Å²) in [4.78, 5) is 12.4. The Labute approximate surface area is 148 Å². The van der Waals surface area contributed by atoms with E-state index in [0.717, 1.165) is 0 Å². The molecule has 0 saturated carbocycles. The van der Waals surface area contributed by atoms with Gasteiger partial charge in [-0.15, -0.1) is 0 Å². The number of rotatable bonds is 5. The molecule has 8 heteroatoms. The van der Waals surface area contributed by atoms with Crippen molar-refractivity contribution in [1.82, 2.24) is 9.62 Å². The number of para-hydroxylation sites is 2.